The summed E-state index contributed by atoms with van der Waals surface area (Å²) in [5, 5.41) is 6.89. The third-order valence-corrected chi connectivity index (χ3v) is 4.96. The largest absolute Gasteiger partial charge is 0.483 e. The van der Waals surface area contributed by atoms with Crippen molar-refractivity contribution in [2.75, 3.05) is 37.7 Å². The predicted octanol–water partition coefficient (Wildman–Crippen LogP) is 2.08. The van der Waals surface area contributed by atoms with E-state index in [0.717, 1.165) is 12.3 Å². The van der Waals surface area contributed by atoms with E-state index >= 15 is 0 Å². The zero-order valence-corrected chi connectivity index (χ0v) is 16.6. The van der Waals surface area contributed by atoms with Crippen molar-refractivity contribution < 1.29 is 37.0 Å². The molecule has 0 radical (unpaired) electrons. The first-order chi connectivity index (χ1) is 14.7. The Morgan fingerprint density at radius 1 is 1.26 bits per heavy atom. The Hall–Kier alpha value is -3.15. The summed E-state index contributed by atoms with van der Waals surface area (Å²) in [6, 6.07) is 2.18. The number of carboxylic acid groups (broad SMARTS) is 1. The lowest BCUT2D eigenvalue weighted by molar-refractivity contribution is -0.137. The van der Waals surface area contributed by atoms with Crippen LogP contribution in [0.5, 0.6) is 0 Å². The second-order valence-electron chi connectivity index (χ2n) is 7.18. The number of hydrogen-bond donors (Lipinski definition) is 1. The normalized spacial score (nSPS) is 21.0. The quantitative estimate of drug-likeness (QED) is 0.705. The molecule has 0 saturated carbocycles. The Morgan fingerprint density at radius 2 is 2.00 bits per heavy atom. The maximum atomic E-state index is 12.8. The van der Waals surface area contributed by atoms with Crippen LogP contribution in [0.3, 0.4) is 0 Å². The molecule has 0 unspecified atom stereocenters. The Bertz CT molecular complexity index is 903. The molecule has 12 heteroatoms. The number of aromatic nitrogens is 2. The Labute approximate surface area is 175 Å². The molecule has 1 amide bonds. The van der Waals surface area contributed by atoms with Gasteiger partial charge in [-0.05, 0) is 12.1 Å². The molecule has 9 nitrogen and oxygen atoms in total. The number of alkyl halides is 3. The van der Waals surface area contributed by atoms with Crippen LogP contribution in [0.4, 0.5) is 19.0 Å². The summed E-state index contributed by atoms with van der Waals surface area (Å²) in [5.74, 6) is 0.641. The molecule has 2 bridgehead atoms. The predicted molar refractivity (Wildman–Crippen MR) is 101 cm³/mol. The number of carbonyl (C=O) groups is 2. The summed E-state index contributed by atoms with van der Waals surface area (Å²) in [4.78, 5) is 32.9. The van der Waals surface area contributed by atoms with Crippen molar-refractivity contribution in [3.63, 3.8) is 0 Å². The van der Waals surface area contributed by atoms with E-state index in [1.807, 2.05) is 4.90 Å². The number of rotatable bonds is 2. The molecule has 0 aromatic carbocycles. The van der Waals surface area contributed by atoms with Gasteiger partial charge in [0.25, 0.3) is 12.4 Å². The molecule has 1 N–H and O–H groups in total. The van der Waals surface area contributed by atoms with Crippen molar-refractivity contribution in [2.24, 2.45) is 5.92 Å². The van der Waals surface area contributed by atoms with Crippen LogP contribution >= 0.6 is 0 Å². The minimum absolute atomic E-state index is 0.00791. The molecule has 31 heavy (non-hydrogen) atoms. The van der Waals surface area contributed by atoms with Crippen molar-refractivity contribution in [1.82, 2.24) is 14.9 Å². The number of hydrogen-bond acceptors (Lipinski definition) is 7. The fraction of sp³-hybridized carbons (Fsp3) is 0.474. The van der Waals surface area contributed by atoms with Crippen molar-refractivity contribution in [2.45, 2.75) is 19.1 Å². The van der Waals surface area contributed by atoms with Crippen LogP contribution in [0.25, 0.3) is 0 Å². The van der Waals surface area contributed by atoms with E-state index in [1.165, 1.54) is 12.3 Å². The van der Waals surface area contributed by atoms with E-state index in [9.17, 15) is 18.0 Å². The zero-order chi connectivity index (χ0) is 22.6. The lowest BCUT2D eigenvalue weighted by Gasteiger charge is -2.31. The highest BCUT2D eigenvalue weighted by Gasteiger charge is 2.37. The minimum atomic E-state index is -4.43. The van der Waals surface area contributed by atoms with Crippen LogP contribution in [-0.4, -0.2) is 71.2 Å². The molecule has 2 aromatic heterocycles. The lowest BCUT2D eigenvalue weighted by Crippen LogP contribution is -2.46. The van der Waals surface area contributed by atoms with Crippen LogP contribution in [0.2, 0.25) is 0 Å². The molecule has 0 aliphatic carbocycles. The van der Waals surface area contributed by atoms with Crippen molar-refractivity contribution in [1.29, 1.82) is 0 Å². The SMILES string of the molecule is Cc1nc(C(=O)N2C[C@@H]3COC[C@H](C2)N(c2ccc(C(F)(F)F)cn2)C3)co1.O=CO. The number of ether oxygens (including phenoxy) is 1. The highest BCUT2D eigenvalue weighted by atomic mass is 19.4. The second-order valence-corrected chi connectivity index (χ2v) is 7.18. The molecule has 2 aliphatic rings. The third kappa shape index (κ3) is 5.32. The van der Waals surface area contributed by atoms with E-state index in [-0.39, 0.29) is 30.0 Å². The Balaban J connectivity index is 0.000000858. The van der Waals surface area contributed by atoms with Gasteiger partial charge in [-0.2, -0.15) is 13.2 Å². The number of pyridine rings is 1. The molecule has 2 fully saturated rings. The molecule has 4 rings (SSSR count). The van der Waals surface area contributed by atoms with Crippen LogP contribution < -0.4 is 4.90 Å². The number of fused-ring (bicyclic) bond motifs is 3. The third-order valence-electron chi connectivity index (χ3n) is 4.96. The highest BCUT2D eigenvalue weighted by Crippen LogP contribution is 2.31. The van der Waals surface area contributed by atoms with Gasteiger partial charge in [0, 0.05) is 38.7 Å². The van der Waals surface area contributed by atoms with Gasteiger partial charge in [0.2, 0.25) is 0 Å². The smallest absolute Gasteiger partial charge is 0.417 e. The molecule has 0 spiro atoms. The van der Waals surface area contributed by atoms with Gasteiger partial charge in [0.05, 0.1) is 24.8 Å². The monoisotopic (exact) mass is 442 g/mol. The summed E-state index contributed by atoms with van der Waals surface area (Å²) in [6.45, 7) is 3.63. The summed E-state index contributed by atoms with van der Waals surface area (Å²) in [6.07, 6.45) is -2.25. The Kier molecular flexibility index (Phi) is 6.78. The van der Waals surface area contributed by atoms with Gasteiger partial charge in [-0.25, -0.2) is 9.97 Å². The molecule has 168 valence electrons. The van der Waals surface area contributed by atoms with Gasteiger partial charge >= 0.3 is 6.18 Å². The number of oxazole rings is 1. The molecule has 2 aromatic rings. The number of halogens is 3. The first-order valence-electron chi connectivity index (χ1n) is 9.39. The maximum absolute atomic E-state index is 12.8. The van der Waals surface area contributed by atoms with Gasteiger partial charge in [0.15, 0.2) is 11.6 Å². The molecule has 2 atom stereocenters. The van der Waals surface area contributed by atoms with Gasteiger partial charge in [-0.3, -0.25) is 9.59 Å². The van der Waals surface area contributed by atoms with E-state index in [0.29, 0.717) is 44.6 Å². The van der Waals surface area contributed by atoms with Crippen molar-refractivity contribution >= 4 is 18.2 Å². The lowest BCUT2D eigenvalue weighted by atomic mass is 10.1. The van der Waals surface area contributed by atoms with Gasteiger partial charge in [-0.1, -0.05) is 0 Å². The maximum Gasteiger partial charge on any atom is 0.417 e. The van der Waals surface area contributed by atoms with E-state index in [2.05, 4.69) is 9.97 Å². The fourth-order valence-electron chi connectivity index (χ4n) is 3.64. The molecular formula is C19H21F3N4O5. The van der Waals surface area contributed by atoms with Crippen molar-refractivity contribution in [3.8, 4) is 0 Å². The first-order valence-corrected chi connectivity index (χ1v) is 9.39. The topological polar surface area (TPSA) is 109 Å². The van der Waals surface area contributed by atoms with E-state index < -0.39 is 11.7 Å². The number of amides is 1. The molecule has 2 aliphatic heterocycles. The van der Waals surface area contributed by atoms with Crippen LogP contribution in [-0.2, 0) is 15.7 Å². The molecule has 2 saturated heterocycles. The fourth-order valence-corrected chi connectivity index (χ4v) is 3.64. The second kappa shape index (κ2) is 9.33. The summed E-state index contributed by atoms with van der Waals surface area (Å²) in [5.41, 5.74) is -0.541. The molecular weight excluding hydrogens is 421 g/mol. The summed E-state index contributed by atoms with van der Waals surface area (Å²) >= 11 is 0. The van der Waals surface area contributed by atoms with Crippen LogP contribution in [0, 0.1) is 12.8 Å². The van der Waals surface area contributed by atoms with E-state index in [1.54, 1.807) is 11.8 Å². The average molecular weight is 442 g/mol. The minimum Gasteiger partial charge on any atom is -0.483 e. The van der Waals surface area contributed by atoms with E-state index in [4.69, 9.17) is 19.1 Å². The van der Waals surface area contributed by atoms with Crippen molar-refractivity contribution in [3.05, 3.63) is 41.7 Å². The van der Waals surface area contributed by atoms with Gasteiger partial charge in [-0.15, -0.1) is 0 Å². The summed E-state index contributed by atoms with van der Waals surface area (Å²) < 4.78 is 49.3. The van der Waals surface area contributed by atoms with Crippen LogP contribution in [0.1, 0.15) is 21.9 Å². The Morgan fingerprint density at radius 3 is 2.58 bits per heavy atom. The highest BCUT2D eigenvalue weighted by molar-refractivity contribution is 5.92. The summed E-state index contributed by atoms with van der Waals surface area (Å²) in [7, 11) is 0. The number of nitrogens with zero attached hydrogens (tertiary/aromatic N) is 4. The number of carbonyl (C=O) groups excluding carboxylic acids is 1. The zero-order valence-electron chi connectivity index (χ0n) is 16.6. The first kappa shape index (κ1) is 22.5. The van der Waals surface area contributed by atoms with Crippen LogP contribution in [0.15, 0.2) is 29.0 Å². The number of anilines is 1. The average Bonchev–Trinajstić information content (AvgIpc) is 2.94. The van der Waals surface area contributed by atoms with Gasteiger partial charge in [0.1, 0.15) is 12.1 Å². The molecule has 4 heterocycles. The standard InChI is InChI=1S/C18H19F3N4O3.CH2O2/c1-11-23-15(10-28-11)17(26)24-5-12-6-25(14(7-24)9-27-8-12)16-3-2-13(4-22-16)18(19,20)21;2-1-3/h2-4,10,12,14H,5-9H2,1H3;1H,(H,2,3)/t12-,14-;/m0./s1. The number of aryl methyl sites for hydroxylation is 1. The van der Waals surface area contributed by atoms with Gasteiger partial charge < -0.3 is 24.1 Å².